The van der Waals surface area contributed by atoms with Crippen molar-refractivity contribution in [2.75, 3.05) is 38.2 Å². The number of methoxy groups -OCH3 is 1. The van der Waals surface area contributed by atoms with Gasteiger partial charge in [-0.3, -0.25) is 0 Å². The molecule has 0 amide bonds. The Balaban J connectivity index is 1.69. The first-order valence-corrected chi connectivity index (χ1v) is 10.4. The van der Waals surface area contributed by atoms with Gasteiger partial charge in [-0.1, -0.05) is 0 Å². The lowest BCUT2D eigenvalue weighted by molar-refractivity contribution is 0.404. The number of hydrogen-bond donors (Lipinski definition) is 0. The molecule has 4 nitrogen and oxygen atoms in total. The minimum Gasteiger partial charge on any atom is -0.490 e. The third-order valence-corrected chi connectivity index (χ3v) is 6.68. The molecule has 26 heavy (non-hydrogen) atoms. The van der Waals surface area contributed by atoms with Gasteiger partial charge in [0.15, 0.2) is 5.75 Å². The van der Waals surface area contributed by atoms with Crippen LogP contribution in [0.5, 0.6) is 5.75 Å². The maximum atomic E-state index is 5.68. The maximum absolute atomic E-state index is 5.68. The van der Waals surface area contributed by atoms with Crippen LogP contribution in [0.1, 0.15) is 25.7 Å². The SMILES string of the molecule is COc1cc2nc3ccc(N4CCCC4)cc3sc-2cc1=[N+]1CCCC1. The number of rotatable bonds is 2. The Morgan fingerprint density at radius 1 is 1.04 bits per heavy atom. The molecule has 0 aromatic heterocycles. The molecule has 0 atom stereocenters. The van der Waals surface area contributed by atoms with Crippen LogP contribution in [0.2, 0.25) is 0 Å². The first-order chi connectivity index (χ1) is 12.8. The second-order valence-electron chi connectivity index (χ2n) is 7.25. The van der Waals surface area contributed by atoms with Crippen molar-refractivity contribution >= 4 is 27.2 Å². The van der Waals surface area contributed by atoms with Crippen LogP contribution in [-0.2, 0) is 0 Å². The minimum atomic E-state index is 0.937. The largest absolute Gasteiger partial charge is 0.490 e. The molecular formula is C21H24N3OS+. The molecule has 2 saturated heterocycles. The summed E-state index contributed by atoms with van der Waals surface area (Å²) in [6, 6.07) is 11.1. The van der Waals surface area contributed by atoms with Crippen molar-refractivity contribution in [1.82, 2.24) is 9.56 Å². The zero-order chi connectivity index (χ0) is 17.5. The summed E-state index contributed by atoms with van der Waals surface area (Å²) < 4.78 is 9.38. The van der Waals surface area contributed by atoms with Crippen LogP contribution in [0.15, 0.2) is 30.3 Å². The van der Waals surface area contributed by atoms with Gasteiger partial charge in [0.25, 0.3) is 0 Å². The summed E-state index contributed by atoms with van der Waals surface area (Å²) in [5, 5.41) is 1.21. The molecule has 134 valence electrons. The van der Waals surface area contributed by atoms with Gasteiger partial charge in [0.2, 0.25) is 5.36 Å². The van der Waals surface area contributed by atoms with Gasteiger partial charge in [0.1, 0.15) is 13.1 Å². The van der Waals surface area contributed by atoms with Crippen molar-refractivity contribution in [1.29, 1.82) is 0 Å². The summed E-state index contributed by atoms with van der Waals surface area (Å²) in [7, 11) is 1.76. The molecule has 0 N–H and O–H groups in total. The molecule has 1 aromatic carbocycles. The third-order valence-electron chi connectivity index (χ3n) is 5.58. The highest BCUT2D eigenvalue weighted by molar-refractivity contribution is 7.21. The molecule has 5 heteroatoms. The van der Waals surface area contributed by atoms with E-state index < -0.39 is 0 Å². The van der Waals surface area contributed by atoms with E-state index in [1.165, 1.54) is 59.4 Å². The van der Waals surface area contributed by atoms with Gasteiger partial charge < -0.3 is 9.64 Å². The molecule has 0 saturated carbocycles. The second kappa shape index (κ2) is 6.54. The summed E-state index contributed by atoms with van der Waals surface area (Å²) in [5.74, 6) is 0.937. The molecule has 3 aliphatic heterocycles. The molecule has 0 unspecified atom stereocenters. The summed E-state index contributed by atoms with van der Waals surface area (Å²) in [5.41, 5.74) is 3.43. The normalized spacial score (nSPS) is 17.6. The molecule has 2 fully saturated rings. The Hall–Kier alpha value is -2.14. The molecule has 0 spiro atoms. The molecule has 1 aliphatic carbocycles. The Bertz CT molecular complexity index is 996. The third kappa shape index (κ3) is 2.75. The van der Waals surface area contributed by atoms with Crippen molar-refractivity contribution in [3.63, 3.8) is 0 Å². The summed E-state index contributed by atoms with van der Waals surface area (Å²) >= 11 is 1.84. The Morgan fingerprint density at radius 2 is 1.85 bits per heavy atom. The van der Waals surface area contributed by atoms with E-state index in [1.807, 2.05) is 11.3 Å². The van der Waals surface area contributed by atoms with E-state index >= 15 is 0 Å². The smallest absolute Gasteiger partial charge is 0.243 e. The lowest BCUT2D eigenvalue weighted by Gasteiger charge is -2.18. The zero-order valence-corrected chi connectivity index (χ0v) is 16.0. The Morgan fingerprint density at radius 3 is 2.62 bits per heavy atom. The van der Waals surface area contributed by atoms with E-state index in [0.29, 0.717) is 0 Å². The molecule has 0 radical (unpaired) electrons. The fourth-order valence-electron chi connectivity index (χ4n) is 4.17. The van der Waals surface area contributed by atoms with Crippen LogP contribution in [0.4, 0.5) is 5.69 Å². The van der Waals surface area contributed by atoms with Gasteiger partial charge >= 0.3 is 0 Å². The molecular weight excluding hydrogens is 342 g/mol. The molecule has 3 heterocycles. The number of hydrogen-bond acceptors (Lipinski definition) is 4. The van der Waals surface area contributed by atoms with Crippen molar-refractivity contribution < 1.29 is 4.74 Å². The van der Waals surface area contributed by atoms with Gasteiger partial charge in [0, 0.05) is 43.8 Å². The van der Waals surface area contributed by atoms with Gasteiger partial charge in [0.05, 0.1) is 27.9 Å². The highest BCUT2D eigenvalue weighted by Crippen LogP contribution is 2.34. The number of anilines is 1. The lowest BCUT2D eigenvalue weighted by atomic mass is 10.2. The quantitative estimate of drug-likeness (QED) is 0.513. The van der Waals surface area contributed by atoms with E-state index in [1.54, 1.807) is 7.11 Å². The van der Waals surface area contributed by atoms with Crippen LogP contribution in [-0.4, -0.2) is 38.3 Å². The van der Waals surface area contributed by atoms with Crippen LogP contribution >= 0.6 is 11.3 Å². The fourth-order valence-corrected chi connectivity index (χ4v) is 5.19. The van der Waals surface area contributed by atoms with Crippen LogP contribution < -0.4 is 19.6 Å². The summed E-state index contributed by atoms with van der Waals surface area (Å²) in [6.45, 7) is 4.58. The van der Waals surface area contributed by atoms with E-state index in [9.17, 15) is 0 Å². The predicted molar refractivity (Wildman–Crippen MR) is 108 cm³/mol. The minimum absolute atomic E-state index is 0.937. The van der Waals surface area contributed by atoms with E-state index in [0.717, 1.165) is 30.0 Å². The maximum Gasteiger partial charge on any atom is 0.243 e. The number of benzene rings is 2. The lowest BCUT2D eigenvalue weighted by Crippen LogP contribution is -2.28. The van der Waals surface area contributed by atoms with Crippen LogP contribution in [0.3, 0.4) is 0 Å². The topological polar surface area (TPSA) is 28.4 Å². The monoisotopic (exact) mass is 366 g/mol. The summed E-state index contributed by atoms with van der Waals surface area (Å²) in [4.78, 5) is 8.64. The number of nitrogens with zero attached hydrogens (tertiary/aromatic N) is 3. The number of ether oxygens (including phenoxy) is 1. The van der Waals surface area contributed by atoms with Crippen LogP contribution in [0, 0.1) is 0 Å². The average molecular weight is 367 g/mol. The van der Waals surface area contributed by atoms with Gasteiger partial charge in [-0.15, -0.1) is 11.3 Å². The zero-order valence-electron chi connectivity index (χ0n) is 15.2. The standard InChI is InChI=1S/C21H24N3OS/c1-25-19-13-17-21(14-18(19)24-10-4-5-11-24)26-20-12-15(6-7-16(20)22-17)23-8-2-3-9-23/h6-7,12-14H,2-5,8-11H2,1H3/q+1. The second-order valence-corrected chi connectivity index (χ2v) is 8.33. The average Bonchev–Trinajstić information content (AvgIpc) is 3.38. The number of fused-ring (bicyclic) bond motifs is 2. The Kier molecular flexibility index (Phi) is 4.04. The van der Waals surface area contributed by atoms with Crippen molar-refractivity contribution in [3.05, 3.63) is 35.7 Å². The molecule has 0 bridgehead atoms. The van der Waals surface area contributed by atoms with E-state index in [-0.39, 0.29) is 0 Å². The van der Waals surface area contributed by atoms with E-state index in [2.05, 4.69) is 39.8 Å². The van der Waals surface area contributed by atoms with Gasteiger partial charge in [-0.05, 0) is 31.0 Å². The van der Waals surface area contributed by atoms with Crippen molar-refractivity contribution in [2.24, 2.45) is 0 Å². The molecule has 1 aromatic rings. The van der Waals surface area contributed by atoms with Gasteiger partial charge in [-0.2, -0.15) is 0 Å². The van der Waals surface area contributed by atoms with Gasteiger partial charge in [-0.25, -0.2) is 9.56 Å². The highest BCUT2D eigenvalue weighted by atomic mass is 32.1. The Labute approximate surface area is 157 Å². The summed E-state index contributed by atoms with van der Waals surface area (Å²) in [6.07, 6.45) is 5.13. The first-order valence-electron chi connectivity index (χ1n) is 9.57. The van der Waals surface area contributed by atoms with E-state index in [4.69, 9.17) is 9.72 Å². The fraction of sp³-hybridized carbons (Fsp3) is 0.429. The van der Waals surface area contributed by atoms with Crippen LogP contribution in [0.25, 0.3) is 20.8 Å². The predicted octanol–water partition coefficient (Wildman–Crippen LogP) is 3.58. The van der Waals surface area contributed by atoms with Crippen molar-refractivity contribution in [2.45, 2.75) is 25.7 Å². The van der Waals surface area contributed by atoms with Crippen molar-refractivity contribution in [3.8, 4) is 16.3 Å². The number of aromatic nitrogens is 1. The molecule has 5 rings (SSSR count). The first kappa shape index (κ1) is 16.1. The highest BCUT2D eigenvalue weighted by Gasteiger charge is 2.20. The molecule has 4 aliphatic rings.